The van der Waals surface area contributed by atoms with Gasteiger partial charge in [-0.25, -0.2) is 0 Å². The molecule has 1 atom stereocenters. The summed E-state index contributed by atoms with van der Waals surface area (Å²) in [7, 11) is 0. The number of amides is 1. The second-order valence-corrected chi connectivity index (χ2v) is 7.07. The summed E-state index contributed by atoms with van der Waals surface area (Å²) in [6, 6.07) is 13.6. The zero-order valence-corrected chi connectivity index (χ0v) is 17.0. The minimum absolute atomic E-state index is 0.216. The van der Waals surface area contributed by atoms with E-state index in [1.807, 2.05) is 18.2 Å². The monoisotopic (exact) mass is 398 g/mol. The van der Waals surface area contributed by atoms with Crippen LogP contribution in [0.1, 0.15) is 29.5 Å². The average Bonchev–Trinajstić information content (AvgIpc) is 3.43. The minimum Gasteiger partial charge on any atom is -0.459 e. The lowest BCUT2D eigenvalue weighted by molar-refractivity contribution is 0.0906. The lowest BCUT2D eigenvalue weighted by Gasteiger charge is -2.21. The third-order valence-electron chi connectivity index (χ3n) is 4.79. The second kappa shape index (κ2) is 11.3. The van der Waals surface area contributed by atoms with Gasteiger partial charge in [0.15, 0.2) is 11.7 Å². The highest BCUT2D eigenvalue weighted by atomic mass is 16.5. The van der Waals surface area contributed by atoms with Crippen molar-refractivity contribution in [2.24, 2.45) is 10.9 Å². The van der Waals surface area contributed by atoms with Crippen LogP contribution in [-0.2, 0) is 11.3 Å². The predicted molar refractivity (Wildman–Crippen MR) is 113 cm³/mol. The average molecular weight is 399 g/mol. The molecule has 29 heavy (non-hydrogen) atoms. The van der Waals surface area contributed by atoms with Gasteiger partial charge in [0.2, 0.25) is 0 Å². The number of furan rings is 1. The molecule has 1 unspecified atom stereocenters. The normalized spacial score (nSPS) is 16.8. The lowest BCUT2D eigenvalue weighted by Crippen LogP contribution is -2.40. The molecule has 2 aromatic rings. The van der Waals surface area contributed by atoms with E-state index in [2.05, 4.69) is 39.6 Å². The lowest BCUT2D eigenvalue weighted by atomic mass is 10.1. The van der Waals surface area contributed by atoms with Crippen molar-refractivity contribution >= 4 is 11.9 Å². The number of guanidine groups is 1. The fraction of sp³-hybridized carbons (Fsp3) is 0.455. The topological polar surface area (TPSA) is 79.1 Å². The fourth-order valence-electron chi connectivity index (χ4n) is 3.33. The quantitative estimate of drug-likeness (QED) is 0.385. The molecule has 1 aromatic carbocycles. The van der Waals surface area contributed by atoms with E-state index in [0.717, 1.165) is 38.6 Å². The number of carbonyl (C=O) groups excluding carboxylic acids is 1. The third kappa shape index (κ3) is 6.64. The number of benzene rings is 1. The molecule has 1 saturated heterocycles. The molecule has 0 spiro atoms. The molecule has 1 aliphatic rings. The third-order valence-corrected chi connectivity index (χ3v) is 4.79. The molecule has 0 aliphatic carbocycles. The zero-order valence-electron chi connectivity index (χ0n) is 17.0. The Bertz CT molecular complexity index is 762. The molecule has 1 aliphatic heterocycles. The molecule has 7 nitrogen and oxygen atoms in total. The highest BCUT2D eigenvalue weighted by Crippen LogP contribution is 2.17. The van der Waals surface area contributed by atoms with E-state index < -0.39 is 0 Å². The van der Waals surface area contributed by atoms with Gasteiger partial charge < -0.3 is 24.7 Å². The van der Waals surface area contributed by atoms with E-state index in [4.69, 9.17) is 9.15 Å². The molecule has 2 heterocycles. The van der Waals surface area contributed by atoms with Crippen molar-refractivity contribution < 1.29 is 13.9 Å². The maximum atomic E-state index is 11.9. The van der Waals surface area contributed by atoms with Crippen LogP contribution in [0.2, 0.25) is 0 Å². The van der Waals surface area contributed by atoms with Crippen LogP contribution in [0.25, 0.3) is 0 Å². The van der Waals surface area contributed by atoms with E-state index in [1.165, 1.54) is 11.8 Å². The summed E-state index contributed by atoms with van der Waals surface area (Å²) in [4.78, 5) is 18.8. The molecular formula is C22H30N4O3. The number of rotatable bonds is 9. The van der Waals surface area contributed by atoms with Gasteiger partial charge in [0.25, 0.3) is 5.91 Å². The van der Waals surface area contributed by atoms with E-state index in [-0.39, 0.29) is 5.91 Å². The highest BCUT2D eigenvalue weighted by molar-refractivity contribution is 5.91. The maximum Gasteiger partial charge on any atom is 0.287 e. The van der Waals surface area contributed by atoms with Gasteiger partial charge in [-0.15, -0.1) is 0 Å². The molecule has 0 bridgehead atoms. The summed E-state index contributed by atoms with van der Waals surface area (Å²) < 4.78 is 11.0. The van der Waals surface area contributed by atoms with Crippen LogP contribution in [0.15, 0.2) is 58.1 Å². The van der Waals surface area contributed by atoms with Crippen molar-refractivity contribution in [2.75, 3.05) is 39.3 Å². The van der Waals surface area contributed by atoms with Crippen LogP contribution in [-0.4, -0.2) is 56.1 Å². The molecular weight excluding hydrogens is 368 g/mol. The Kier molecular flexibility index (Phi) is 8.12. The van der Waals surface area contributed by atoms with Crippen LogP contribution >= 0.6 is 0 Å². The van der Waals surface area contributed by atoms with Gasteiger partial charge in [-0.05, 0) is 31.0 Å². The number of ether oxygens (including phenoxy) is 1. The first-order chi connectivity index (χ1) is 14.3. The first kappa shape index (κ1) is 20.9. The Hall–Kier alpha value is -2.80. The van der Waals surface area contributed by atoms with Crippen LogP contribution in [0.3, 0.4) is 0 Å². The number of likely N-dealkylation sites (tertiary alicyclic amines) is 1. The minimum atomic E-state index is -0.216. The standard InChI is InChI=1S/C22H30N4O3/c1-2-23-22(25-12-11-24-21(27)20-9-6-14-29-20)26-13-10-19(15-26)17-28-16-18-7-4-3-5-8-18/h3-9,14,19H,2,10-13,15-17H2,1H3,(H,23,25)(H,24,27). The van der Waals surface area contributed by atoms with Gasteiger partial charge in [0.1, 0.15) is 0 Å². The number of carbonyl (C=O) groups is 1. The molecule has 3 rings (SSSR count). The number of nitrogens with zero attached hydrogens (tertiary/aromatic N) is 2. The summed E-state index contributed by atoms with van der Waals surface area (Å²) in [5, 5.41) is 6.17. The van der Waals surface area contributed by atoms with E-state index >= 15 is 0 Å². The van der Waals surface area contributed by atoms with Crippen LogP contribution in [0.5, 0.6) is 0 Å². The fourth-order valence-corrected chi connectivity index (χ4v) is 3.33. The Morgan fingerprint density at radius 3 is 2.86 bits per heavy atom. The first-order valence-corrected chi connectivity index (χ1v) is 10.2. The summed E-state index contributed by atoms with van der Waals surface area (Å²) in [5.41, 5.74) is 1.20. The SMILES string of the molecule is CCNC(=NCCNC(=O)c1ccco1)N1CCC(COCc2ccccc2)C1. The molecule has 0 saturated carbocycles. The second-order valence-electron chi connectivity index (χ2n) is 7.07. The van der Waals surface area contributed by atoms with E-state index in [1.54, 1.807) is 12.1 Å². The smallest absolute Gasteiger partial charge is 0.287 e. The van der Waals surface area contributed by atoms with Crippen LogP contribution in [0, 0.1) is 5.92 Å². The van der Waals surface area contributed by atoms with E-state index in [0.29, 0.717) is 31.4 Å². The zero-order chi connectivity index (χ0) is 20.3. The van der Waals surface area contributed by atoms with Crippen molar-refractivity contribution in [1.29, 1.82) is 0 Å². The predicted octanol–water partition coefficient (Wildman–Crippen LogP) is 2.51. The number of hydrogen-bond acceptors (Lipinski definition) is 4. The Morgan fingerprint density at radius 2 is 2.10 bits per heavy atom. The number of aliphatic imine (C=N–C) groups is 1. The van der Waals surface area contributed by atoms with Crippen molar-refractivity contribution in [1.82, 2.24) is 15.5 Å². The van der Waals surface area contributed by atoms with Gasteiger partial charge in [0, 0.05) is 32.1 Å². The van der Waals surface area contributed by atoms with Gasteiger partial charge in [-0.3, -0.25) is 9.79 Å². The molecule has 1 amide bonds. The summed E-state index contributed by atoms with van der Waals surface area (Å²) in [5.74, 6) is 1.50. The molecule has 1 aromatic heterocycles. The van der Waals surface area contributed by atoms with Gasteiger partial charge in [-0.1, -0.05) is 30.3 Å². The Labute approximate surface area is 172 Å². The molecule has 1 fully saturated rings. The highest BCUT2D eigenvalue weighted by Gasteiger charge is 2.25. The maximum absolute atomic E-state index is 11.9. The molecule has 0 radical (unpaired) electrons. The number of nitrogens with one attached hydrogen (secondary N) is 2. The summed E-state index contributed by atoms with van der Waals surface area (Å²) in [6.45, 7) is 7.15. The molecule has 2 N–H and O–H groups in total. The largest absolute Gasteiger partial charge is 0.459 e. The van der Waals surface area contributed by atoms with Gasteiger partial charge in [-0.2, -0.15) is 0 Å². The molecule has 156 valence electrons. The Balaban J connectivity index is 1.40. The van der Waals surface area contributed by atoms with Gasteiger partial charge in [0.05, 0.1) is 26.0 Å². The first-order valence-electron chi connectivity index (χ1n) is 10.2. The summed E-state index contributed by atoms with van der Waals surface area (Å²) >= 11 is 0. The number of hydrogen-bond donors (Lipinski definition) is 2. The van der Waals surface area contributed by atoms with Crippen LogP contribution < -0.4 is 10.6 Å². The van der Waals surface area contributed by atoms with E-state index in [9.17, 15) is 4.79 Å². The molecule has 7 heteroatoms. The Morgan fingerprint density at radius 1 is 1.24 bits per heavy atom. The summed E-state index contributed by atoms with van der Waals surface area (Å²) in [6.07, 6.45) is 2.58. The van der Waals surface area contributed by atoms with Crippen LogP contribution in [0.4, 0.5) is 0 Å². The van der Waals surface area contributed by atoms with Crippen molar-refractivity contribution in [3.05, 3.63) is 60.1 Å². The van der Waals surface area contributed by atoms with Crippen molar-refractivity contribution in [3.63, 3.8) is 0 Å². The van der Waals surface area contributed by atoms with Gasteiger partial charge >= 0.3 is 0 Å². The van der Waals surface area contributed by atoms with Crippen molar-refractivity contribution in [3.8, 4) is 0 Å². The van der Waals surface area contributed by atoms with Crippen molar-refractivity contribution in [2.45, 2.75) is 20.0 Å².